The highest BCUT2D eigenvalue weighted by Crippen LogP contribution is 2.33. The number of amides is 1. The minimum Gasteiger partial charge on any atom is -0.450 e. The van der Waals surface area contributed by atoms with Crippen LogP contribution in [0.3, 0.4) is 0 Å². The van der Waals surface area contributed by atoms with Crippen molar-refractivity contribution in [2.45, 2.75) is 13.5 Å². The van der Waals surface area contributed by atoms with Crippen molar-refractivity contribution in [2.75, 3.05) is 37.7 Å². The zero-order valence-electron chi connectivity index (χ0n) is 13.0. The highest BCUT2D eigenvalue weighted by atomic mass is 19.1. The lowest BCUT2D eigenvalue weighted by Crippen LogP contribution is -2.49. The Morgan fingerprint density at radius 1 is 1.38 bits per heavy atom. The Bertz CT molecular complexity index is 648. The molecule has 132 valence electrons. The summed E-state index contributed by atoms with van der Waals surface area (Å²) in [6, 6.07) is 0.502. The van der Waals surface area contributed by atoms with Crippen molar-refractivity contribution in [3.8, 4) is 0 Å². The van der Waals surface area contributed by atoms with Gasteiger partial charge in [0.2, 0.25) is 5.82 Å². The fourth-order valence-corrected chi connectivity index (χ4v) is 2.60. The third-order valence-corrected chi connectivity index (χ3v) is 3.74. The normalized spacial score (nSPS) is 14.7. The van der Waals surface area contributed by atoms with E-state index in [4.69, 9.17) is 4.74 Å². The van der Waals surface area contributed by atoms with Gasteiger partial charge in [0.05, 0.1) is 29.9 Å². The molecular formula is C14H17F2N3O5. The number of carbonyl (C=O) groups excluding carboxylic acids is 1. The Morgan fingerprint density at radius 2 is 2.00 bits per heavy atom. The summed E-state index contributed by atoms with van der Waals surface area (Å²) in [6.07, 6.45) is -0.491. The summed E-state index contributed by atoms with van der Waals surface area (Å²) in [5, 5.41) is 20.1. The number of aliphatic hydroxyl groups is 1. The Labute approximate surface area is 136 Å². The molecule has 10 heteroatoms. The van der Waals surface area contributed by atoms with Crippen molar-refractivity contribution in [1.82, 2.24) is 4.90 Å². The molecule has 0 bridgehead atoms. The predicted octanol–water partition coefficient (Wildman–Crippen LogP) is 1.64. The lowest BCUT2D eigenvalue weighted by Gasteiger charge is -2.36. The van der Waals surface area contributed by atoms with E-state index in [1.165, 1.54) is 9.80 Å². The largest absolute Gasteiger partial charge is 0.450 e. The Balaban J connectivity index is 2.26. The molecule has 0 unspecified atom stereocenters. The van der Waals surface area contributed by atoms with E-state index in [0.29, 0.717) is 6.07 Å². The van der Waals surface area contributed by atoms with E-state index < -0.39 is 40.5 Å². The first-order chi connectivity index (χ1) is 11.4. The van der Waals surface area contributed by atoms with Gasteiger partial charge >= 0.3 is 11.8 Å². The predicted molar refractivity (Wildman–Crippen MR) is 79.7 cm³/mol. The number of carbonyl (C=O) groups is 1. The molecule has 1 aromatic carbocycles. The number of nitro groups is 1. The molecule has 1 saturated heterocycles. The second-order valence-electron chi connectivity index (χ2n) is 5.11. The standard InChI is InChI=1S/C14H17F2N3O5/c1-2-24-14(21)18-5-3-17(4-6-18)13-9(8-20)12(16)11(19(22)23)7-10(13)15/h7,20H,2-6,8H2,1H3. The number of halogens is 2. The maximum absolute atomic E-state index is 14.3. The van der Waals surface area contributed by atoms with Crippen LogP contribution in [0.1, 0.15) is 12.5 Å². The fourth-order valence-electron chi connectivity index (χ4n) is 2.60. The van der Waals surface area contributed by atoms with Crippen LogP contribution >= 0.6 is 0 Å². The molecule has 1 N–H and O–H groups in total. The summed E-state index contributed by atoms with van der Waals surface area (Å²) < 4.78 is 33.3. The number of hydrogen-bond acceptors (Lipinski definition) is 6. The molecule has 1 aliphatic heterocycles. The molecule has 0 radical (unpaired) electrons. The first-order valence-electron chi connectivity index (χ1n) is 7.33. The molecule has 0 spiro atoms. The molecule has 24 heavy (non-hydrogen) atoms. The SMILES string of the molecule is CCOC(=O)N1CCN(c2c(F)cc([N+](=O)[O-])c(F)c2CO)CC1. The quantitative estimate of drug-likeness (QED) is 0.658. The van der Waals surface area contributed by atoms with Gasteiger partial charge in [-0.25, -0.2) is 9.18 Å². The van der Waals surface area contributed by atoms with Gasteiger partial charge in [0, 0.05) is 31.7 Å². The van der Waals surface area contributed by atoms with Gasteiger partial charge in [-0.3, -0.25) is 10.1 Å². The van der Waals surface area contributed by atoms with Gasteiger partial charge in [0.25, 0.3) is 0 Å². The van der Waals surface area contributed by atoms with E-state index >= 15 is 0 Å². The molecule has 0 atom stereocenters. The summed E-state index contributed by atoms with van der Waals surface area (Å²) >= 11 is 0. The van der Waals surface area contributed by atoms with Gasteiger partial charge < -0.3 is 19.6 Å². The van der Waals surface area contributed by atoms with Crippen molar-refractivity contribution in [2.24, 2.45) is 0 Å². The zero-order chi connectivity index (χ0) is 17.9. The first kappa shape index (κ1) is 17.9. The first-order valence-corrected chi connectivity index (χ1v) is 7.33. The van der Waals surface area contributed by atoms with Crippen LogP contribution < -0.4 is 4.90 Å². The van der Waals surface area contributed by atoms with Gasteiger partial charge in [-0.1, -0.05) is 0 Å². The van der Waals surface area contributed by atoms with Crippen LogP contribution in [0.2, 0.25) is 0 Å². The fraction of sp³-hybridized carbons (Fsp3) is 0.500. The summed E-state index contributed by atoms with van der Waals surface area (Å²) in [5.74, 6) is -2.25. The van der Waals surface area contributed by atoms with Crippen LogP contribution in [-0.4, -0.2) is 53.8 Å². The molecule has 8 nitrogen and oxygen atoms in total. The number of nitro benzene ring substituents is 1. The van der Waals surface area contributed by atoms with E-state index in [9.17, 15) is 28.8 Å². The number of nitrogens with zero attached hydrogens (tertiary/aromatic N) is 3. The van der Waals surface area contributed by atoms with Crippen molar-refractivity contribution in [3.63, 3.8) is 0 Å². The highest BCUT2D eigenvalue weighted by Gasteiger charge is 2.30. The number of rotatable bonds is 4. The van der Waals surface area contributed by atoms with Gasteiger partial charge in [-0.15, -0.1) is 0 Å². The molecule has 1 heterocycles. The Hall–Kier alpha value is -2.49. The average Bonchev–Trinajstić information content (AvgIpc) is 2.56. The zero-order valence-corrected chi connectivity index (χ0v) is 13.0. The molecular weight excluding hydrogens is 328 g/mol. The molecule has 1 amide bonds. The van der Waals surface area contributed by atoms with Crippen molar-refractivity contribution >= 4 is 17.5 Å². The van der Waals surface area contributed by atoms with E-state index in [1.54, 1.807) is 6.92 Å². The number of ether oxygens (including phenoxy) is 1. The molecule has 0 aliphatic carbocycles. The third-order valence-electron chi connectivity index (χ3n) is 3.74. The summed E-state index contributed by atoms with van der Waals surface area (Å²) in [5.41, 5.74) is -1.71. The molecule has 1 aliphatic rings. The van der Waals surface area contributed by atoms with E-state index in [2.05, 4.69) is 0 Å². The average molecular weight is 345 g/mol. The number of benzene rings is 1. The summed E-state index contributed by atoms with van der Waals surface area (Å²) in [7, 11) is 0. The van der Waals surface area contributed by atoms with Crippen LogP contribution in [0.25, 0.3) is 0 Å². The summed E-state index contributed by atoms with van der Waals surface area (Å²) in [6.45, 7) is 1.84. The van der Waals surface area contributed by atoms with Crippen molar-refractivity contribution < 1.29 is 28.3 Å². The smallest absolute Gasteiger partial charge is 0.409 e. The third kappa shape index (κ3) is 3.37. The van der Waals surface area contributed by atoms with E-state index in [0.717, 1.165) is 0 Å². The molecule has 1 fully saturated rings. The maximum atomic E-state index is 14.3. The number of hydrogen-bond donors (Lipinski definition) is 1. The lowest BCUT2D eigenvalue weighted by atomic mass is 10.1. The van der Waals surface area contributed by atoms with Crippen molar-refractivity contribution in [3.05, 3.63) is 33.4 Å². The molecule has 1 aromatic rings. The van der Waals surface area contributed by atoms with Crippen LogP contribution in [-0.2, 0) is 11.3 Å². The highest BCUT2D eigenvalue weighted by molar-refractivity contribution is 5.68. The lowest BCUT2D eigenvalue weighted by molar-refractivity contribution is -0.387. The van der Waals surface area contributed by atoms with E-state index in [1.807, 2.05) is 0 Å². The number of aliphatic hydroxyl groups excluding tert-OH is 1. The van der Waals surface area contributed by atoms with Crippen molar-refractivity contribution in [1.29, 1.82) is 0 Å². The topological polar surface area (TPSA) is 96.2 Å². The Morgan fingerprint density at radius 3 is 2.50 bits per heavy atom. The maximum Gasteiger partial charge on any atom is 0.409 e. The van der Waals surface area contributed by atoms with Gasteiger partial charge in [-0.05, 0) is 6.92 Å². The van der Waals surface area contributed by atoms with Crippen LogP contribution in [0.5, 0.6) is 0 Å². The monoisotopic (exact) mass is 345 g/mol. The van der Waals surface area contributed by atoms with Gasteiger partial charge in [0.1, 0.15) is 0 Å². The van der Waals surface area contributed by atoms with Crippen LogP contribution in [0, 0.1) is 21.7 Å². The van der Waals surface area contributed by atoms with Gasteiger partial charge in [0.15, 0.2) is 5.82 Å². The number of anilines is 1. The second-order valence-corrected chi connectivity index (χ2v) is 5.11. The molecule has 0 saturated carbocycles. The minimum atomic E-state index is -1.26. The number of piperazine rings is 1. The van der Waals surface area contributed by atoms with Crippen LogP contribution in [0.15, 0.2) is 6.07 Å². The second kappa shape index (κ2) is 7.39. The van der Waals surface area contributed by atoms with E-state index in [-0.39, 0.29) is 38.5 Å². The minimum absolute atomic E-state index is 0.181. The Kier molecular flexibility index (Phi) is 5.50. The van der Waals surface area contributed by atoms with Crippen LogP contribution in [0.4, 0.5) is 25.0 Å². The molecule has 0 aromatic heterocycles. The van der Waals surface area contributed by atoms with Gasteiger partial charge in [-0.2, -0.15) is 4.39 Å². The molecule has 2 rings (SSSR count). The summed E-state index contributed by atoms with van der Waals surface area (Å²) in [4.78, 5) is 24.2.